The Morgan fingerprint density at radius 1 is 0.955 bits per heavy atom. The van der Waals surface area contributed by atoms with E-state index in [4.69, 9.17) is 0 Å². The fraction of sp³-hybridized carbons (Fsp3) is 0.375. The first-order valence-corrected chi connectivity index (χ1v) is 7.60. The molecular weight excluding hydrogens is 276 g/mol. The van der Waals surface area contributed by atoms with Gasteiger partial charge in [0.1, 0.15) is 17.3 Å². The van der Waals surface area contributed by atoms with E-state index < -0.39 is 0 Å². The van der Waals surface area contributed by atoms with Crippen LogP contribution in [-0.2, 0) is 0 Å². The molecule has 0 aliphatic carbocycles. The summed E-state index contributed by atoms with van der Waals surface area (Å²) in [6.07, 6.45) is 7.15. The third kappa shape index (κ3) is 4.00. The summed E-state index contributed by atoms with van der Waals surface area (Å²) in [6, 6.07) is 3.82. The summed E-state index contributed by atoms with van der Waals surface area (Å²) in [4.78, 5) is 8.34. The first-order valence-electron chi connectivity index (χ1n) is 7.60. The molecule has 0 unspecified atom stereocenters. The first kappa shape index (κ1) is 17.6. The van der Waals surface area contributed by atoms with Gasteiger partial charge in [0.05, 0.1) is 24.3 Å². The highest BCUT2D eigenvalue weighted by atomic mass is 15.4. The molecule has 3 aromatic rings. The smallest absolute Gasteiger partial charge is 0.148 e. The Kier molecular flexibility index (Phi) is 6.95. The van der Waals surface area contributed by atoms with Crippen LogP contribution in [0.3, 0.4) is 0 Å². The molecule has 0 N–H and O–H groups in total. The zero-order valence-corrected chi connectivity index (χ0v) is 14.1. The van der Waals surface area contributed by atoms with E-state index in [1.807, 2.05) is 59.9 Å². The van der Waals surface area contributed by atoms with Gasteiger partial charge < -0.3 is 0 Å². The van der Waals surface area contributed by atoms with Crippen molar-refractivity contribution in [3.05, 3.63) is 48.6 Å². The van der Waals surface area contributed by atoms with Gasteiger partial charge in [0.25, 0.3) is 0 Å². The average Bonchev–Trinajstić information content (AvgIpc) is 3.18. The van der Waals surface area contributed by atoms with Crippen LogP contribution in [0.2, 0.25) is 0 Å². The number of hydrogen-bond acceptors (Lipinski definition) is 4. The van der Waals surface area contributed by atoms with Crippen molar-refractivity contribution in [3.8, 4) is 11.4 Å². The molecule has 0 radical (unpaired) electrons. The number of nitrogens with zero attached hydrogens (tertiary/aromatic N) is 6. The largest absolute Gasteiger partial charge is 0.262 e. The van der Waals surface area contributed by atoms with E-state index in [9.17, 15) is 0 Å². The maximum absolute atomic E-state index is 4.32. The molecule has 118 valence electrons. The monoisotopic (exact) mass is 300 g/mol. The Morgan fingerprint density at radius 2 is 1.68 bits per heavy atom. The maximum atomic E-state index is 4.32. The standard InChI is InChI=1S/C12H12N6.2C2H6/c1-9-15-10(2)18(16-9)12-7-14-17(8-12)11-4-3-5-13-6-11;2*1-2/h3-8H,1-2H3;2*1-2H3. The third-order valence-corrected chi connectivity index (χ3v) is 2.60. The fourth-order valence-corrected chi connectivity index (χ4v) is 1.82. The summed E-state index contributed by atoms with van der Waals surface area (Å²) < 4.78 is 3.54. The van der Waals surface area contributed by atoms with Crippen LogP contribution in [0.15, 0.2) is 36.9 Å². The van der Waals surface area contributed by atoms with Crippen molar-refractivity contribution in [2.45, 2.75) is 41.5 Å². The fourth-order valence-electron chi connectivity index (χ4n) is 1.82. The molecule has 0 aliphatic rings. The molecule has 6 nitrogen and oxygen atoms in total. The van der Waals surface area contributed by atoms with Crippen LogP contribution in [-0.4, -0.2) is 29.5 Å². The van der Waals surface area contributed by atoms with Gasteiger partial charge in [-0.25, -0.2) is 14.3 Å². The molecule has 0 saturated carbocycles. The van der Waals surface area contributed by atoms with E-state index in [0.717, 1.165) is 23.0 Å². The predicted octanol–water partition coefficient (Wildman–Crippen LogP) is 3.52. The van der Waals surface area contributed by atoms with Gasteiger partial charge in [-0.05, 0) is 26.0 Å². The number of hydrogen-bond donors (Lipinski definition) is 0. The van der Waals surface area contributed by atoms with Crippen LogP contribution in [0.5, 0.6) is 0 Å². The minimum Gasteiger partial charge on any atom is -0.262 e. The van der Waals surface area contributed by atoms with Crippen LogP contribution in [0.4, 0.5) is 0 Å². The van der Waals surface area contributed by atoms with Crippen LogP contribution < -0.4 is 0 Å². The molecule has 0 saturated heterocycles. The summed E-state index contributed by atoms with van der Waals surface area (Å²) >= 11 is 0. The molecule has 0 bridgehead atoms. The zero-order chi connectivity index (χ0) is 16.5. The first-order chi connectivity index (χ1) is 10.7. The number of pyridine rings is 1. The molecule has 0 atom stereocenters. The van der Waals surface area contributed by atoms with Crippen LogP contribution in [0, 0.1) is 13.8 Å². The van der Waals surface area contributed by atoms with Crippen molar-refractivity contribution in [1.29, 1.82) is 0 Å². The quantitative estimate of drug-likeness (QED) is 0.726. The lowest BCUT2D eigenvalue weighted by Gasteiger charge is -1.99. The van der Waals surface area contributed by atoms with Crippen molar-refractivity contribution in [2.24, 2.45) is 0 Å². The molecule has 0 aliphatic heterocycles. The average molecular weight is 300 g/mol. The van der Waals surface area contributed by atoms with E-state index in [-0.39, 0.29) is 0 Å². The second-order valence-electron chi connectivity index (χ2n) is 3.97. The van der Waals surface area contributed by atoms with E-state index in [0.29, 0.717) is 0 Å². The molecule has 0 fully saturated rings. The van der Waals surface area contributed by atoms with Gasteiger partial charge in [0.15, 0.2) is 0 Å². The van der Waals surface area contributed by atoms with E-state index in [2.05, 4.69) is 20.2 Å². The minimum absolute atomic E-state index is 0.752. The van der Waals surface area contributed by atoms with E-state index >= 15 is 0 Å². The molecule has 3 aromatic heterocycles. The second-order valence-corrected chi connectivity index (χ2v) is 3.97. The van der Waals surface area contributed by atoms with Gasteiger partial charge >= 0.3 is 0 Å². The van der Waals surface area contributed by atoms with Crippen molar-refractivity contribution >= 4 is 0 Å². The molecule has 3 heterocycles. The van der Waals surface area contributed by atoms with Crippen molar-refractivity contribution in [2.75, 3.05) is 0 Å². The van der Waals surface area contributed by atoms with Crippen molar-refractivity contribution < 1.29 is 0 Å². The van der Waals surface area contributed by atoms with Gasteiger partial charge in [-0.1, -0.05) is 27.7 Å². The topological polar surface area (TPSA) is 61.4 Å². The highest BCUT2D eigenvalue weighted by Crippen LogP contribution is 2.11. The molecule has 6 heteroatoms. The van der Waals surface area contributed by atoms with Crippen LogP contribution in [0.25, 0.3) is 11.4 Å². The minimum atomic E-state index is 0.752. The number of rotatable bonds is 2. The van der Waals surface area contributed by atoms with Crippen molar-refractivity contribution in [3.63, 3.8) is 0 Å². The summed E-state index contributed by atoms with van der Waals surface area (Å²) in [5, 5.41) is 8.63. The lowest BCUT2D eigenvalue weighted by atomic mass is 10.4. The Balaban J connectivity index is 0.000000561. The highest BCUT2D eigenvalue weighted by Gasteiger charge is 2.08. The molecule has 22 heavy (non-hydrogen) atoms. The van der Waals surface area contributed by atoms with Gasteiger partial charge in [-0.15, -0.1) is 0 Å². The van der Waals surface area contributed by atoms with Gasteiger partial charge in [0, 0.05) is 6.20 Å². The second kappa shape index (κ2) is 8.71. The molecule has 0 spiro atoms. The summed E-state index contributed by atoms with van der Waals surface area (Å²) in [6.45, 7) is 11.8. The zero-order valence-electron chi connectivity index (χ0n) is 14.1. The maximum Gasteiger partial charge on any atom is 0.148 e. The molecule has 0 aromatic carbocycles. The lowest BCUT2D eigenvalue weighted by molar-refractivity contribution is 0.828. The molecule has 3 rings (SSSR count). The lowest BCUT2D eigenvalue weighted by Crippen LogP contribution is -1.98. The Labute approximate surface area is 131 Å². The normalized spacial score (nSPS) is 9.36. The van der Waals surface area contributed by atoms with Gasteiger partial charge in [0.2, 0.25) is 0 Å². The van der Waals surface area contributed by atoms with Crippen molar-refractivity contribution in [1.82, 2.24) is 29.5 Å². The summed E-state index contributed by atoms with van der Waals surface area (Å²) in [7, 11) is 0. The van der Waals surface area contributed by atoms with E-state index in [1.54, 1.807) is 28.0 Å². The number of aromatic nitrogens is 6. The Bertz CT molecular complexity index is 669. The third-order valence-electron chi connectivity index (χ3n) is 2.60. The SMILES string of the molecule is CC.CC.Cc1nc(C)n(-c2cnn(-c3cccnc3)c2)n1. The Hall–Kier alpha value is -2.50. The van der Waals surface area contributed by atoms with Gasteiger partial charge in [-0.3, -0.25) is 4.98 Å². The molecular formula is C16H24N6. The van der Waals surface area contributed by atoms with Crippen LogP contribution >= 0.6 is 0 Å². The number of aryl methyl sites for hydroxylation is 2. The Morgan fingerprint density at radius 3 is 2.23 bits per heavy atom. The van der Waals surface area contributed by atoms with Crippen LogP contribution in [0.1, 0.15) is 39.3 Å². The predicted molar refractivity (Wildman–Crippen MR) is 88.4 cm³/mol. The summed E-state index contributed by atoms with van der Waals surface area (Å²) in [5.41, 5.74) is 1.80. The highest BCUT2D eigenvalue weighted by molar-refractivity contribution is 5.33. The van der Waals surface area contributed by atoms with Gasteiger partial charge in [-0.2, -0.15) is 10.2 Å². The van der Waals surface area contributed by atoms with E-state index in [1.165, 1.54) is 0 Å². The summed E-state index contributed by atoms with van der Waals surface area (Å²) in [5.74, 6) is 1.60. The molecule has 0 amide bonds.